The molecule has 0 N–H and O–H groups in total. The molecule has 0 unspecified atom stereocenters. The fourth-order valence-electron chi connectivity index (χ4n) is 7.82. The summed E-state index contributed by atoms with van der Waals surface area (Å²) < 4.78 is 9.47. The van der Waals surface area contributed by atoms with E-state index in [1.165, 1.54) is 25.6 Å². The average Bonchev–Trinajstić information content (AvgIpc) is 3.81. The van der Waals surface area contributed by atoms with Gasteiger partial charge in [-0.2, -0.15) is 0 Å². The molecule has 3 heterocycles. The second kappa shape index (κ2) is 12.4. The summed E-state index contributed by atoms with van der Waals surface area (Å²) in [6.07, 6.45) is 0. The Hall–Kier alpha value is -6.88. The predicted molar refractivity (Wildman–Crippen MR) is 227 cm³/mol. The van der Waals surface area contributed by atoms with Crippen molar-refractivity contribution in [3.05, 3.63) is 182 Å². The van der Waals surface area contributed by atoms with Gasteiger partial charge < -0.3 is 4.42 Å². The maximum absolute atomic E-state index is 6.88. The molecular weight excluding hydrogens is 677 g/mol. The van der Waals surface area contributed by atoms with Crippen molar-refractivity contribution in [2.45, 2.75) is 0 Å². The van der Waals surface area contributed by atoms with E-state index in [2.05, 4.69) is 146 Å². The van der Waals surface area contributed by atoms with Crippen LogP contribution in [0.25, 0.3) is 109 Å². The van der Waals surface area contributed by atoms with Crippen LogP contribution in [0, 0.1) is 0 Å². The third-order valence-electron chi connectivity index (χ3n) is 10.5. The number of rotatable bonds is 5. The Morgan fingerprint density at radius 3 is 1.72 bits per heavy atom. The van der Waals surface area contributed by atoms with Gasteiger partial charge in [-0.05, 0) is 69.9 Å². The molecule has 0 radical (unpaired) electrons. The number of nitrogens with zero attached hydrogens (tertiary/aromatic N) is 2. The Morgan fingerprint density at radius 2 is 0.981 bits per heavy atom. The van der Waals surface area contributed by atoms with E-state index < -0.39 is 0 Å². The van der Waals surface area contributed by atoms with Crippen LogP contribution in [0.3, 0.4) is 0 Å². The Balaban J connectivity index is 1.08. The van der Waals surface area contributed by atoms with Gasteiger partial charge in [-0.1, -0.05) is 140 Å². The molecule has 3 aromatic heterocycles. The van der Waals surface area contributed by atoms with Crippen LogP contribution in [0.5, 0.6) is 0 Å². The molecular formula is C50H30N2OS. The van der Waals surface area contributed by atoms with Crippen molar-refractivity contribution >= 4 is 64.2 Å². The van der Waals surface area contributed by atoms with Gasteiger partial charge in [0.15, 0.2) is 5.82 Å². The van der Waals surface area contributed by atoms with Gasteiger partial charge in [0.2, 0.25) is 0 Å². The summed E-state index contributed by atoms with van der Waals surface area (Å²) in [6.45, 7) is 0. The number of fused-ring (bicyclic) bond motifs is 7. The van der Waals surface area contributed by atoms with E-state index in [0.29, 0.717) is 5.82 Å². The van der Waals surface area contributed by atoms with Crippen LogP contribution >= 0.6 is 11.3 Å². The Morgan fingerprint density at radius 1 is 0.389 bits per heavy atom. The lowest BCUT2D eigenvalue weighted by atomic mass is 9.93. The zero-order chi connectivity index (χ0) is 35.6. The summed E-state index contributed by atoms with van der Waals surface area (Å²) in [5.74, 6) is 0.693. The molecule has 8 aromatic carbocycles. The fourth-order valence-corrected chi connectivity index (χ4v) is 8.90. The third-order valence-corrected chi connectivity index (χ3v) is 11.6. The highest BCUT2D eigenvalue weighted by atomic mass is 32.1. The van der Waals surface area contributed by atoms with Crippen molar-refractivity contribution in [1.29, 1.82) is 0 Å². The molecule has 0 spiro atoms. The largest absolute Gasteiger partial charge is 0.455 e. The molecule has 0 saturated carbocycles. The molecule has 3 nitrogen and oxygen atoms in total. The van der Waals surface area contributed by atoms with Gasteiger partial charge in [0, 0.05) is 53.2 Å². The number of aromatic nitrogens is 2. The normalized spacial score (nSPS) is 11.7. The summed E-state index contributed by atoms with van der Waals surface area (Å²) in [5.41, 5.74) is 11.1. The monoisotopic (exact) mass is 706 g/mol. The van der Waals surface area contributed by atoms with E-state index in [4.69, 9.17) is 14.4 Å². The van der Waals surface area contributed by atoms with Crippen LogP contribution in [-0.2, 0) is 0 Å². The summed E-state index contributed by atoms with van der Waals surface area (Å²) >= 11 is 1.84. The second-order valence-corrected chi connectivity index (χ2v) is 14.8. The Labute approximate surface area is 315 Å². The number of furan rings is 1. The fraction of sp³-hybridized carbons (Fsp3) is 0. The molecule has 4 heteroatoms. The lowest BCUT2D eigenvalue weighted by Crippen LogP contribution is -1.96. The number of hydrogen-bond acceptors (Lipinski definition) is 4. The van der Waals surface area contributed by atoms with Crippen LogP contribution in [0.15, 0.2) is 186 Å². The maximum Gasteiger partial charge on any atom is 0.160 e. The molecule has 0 amide bonds. The van der Waals surface area contributed by atoms with E-state index in [-0.39, 0.29) is 0 Å². The van der Waals surface area contributed by atoms with Crippen molar-refractivity contribution in [3.63, 3.8) is 0 Å². The van der Waals surface area contributed by atoms with Crippen LogP contribution in [0.1, 0.15) is 0 Å². The molecule has 252 valence electrons. The maximum atomic E-state index is 6.88. The minimum absolute atomic E-state index is 0.693. The van der Waals surface area contributed by atoms with Gasteiger partial charge in [0.1, 0.15) is 11.2 Å². The van der Waals surface area contributed by atoms with Gasteiger partial charge in [0.25, 0.3) is 0 Å². The minimum atomic E-state index is 0.693. The first-order chi connectivity index (χ1) is 26.7. The van der Waals surface area contributed by atoms with Crippen molar-refractivity contribution in [2.75, 3.05) is 0 Å². The molecule has 0 aliphatic heterocycles. The highest BCUT2D eigenvalue weighted by molar-refractivity contribution is 7.25. The second-order valence-electron chi connectivity index (χ2n) is 13.7. The lowest BCUT2D eigenvalue weighted by molar-refractivity contribution is 0.670. The van der Waals surface area contributed by atoms with E-state index in [9.17, 15) is 0 Å². The van der Waals surface area contributed by atoms with Gasteiger partial charge >= 0.3 is 0 Å². The van der Waals surface area contributed by atoms with Crippen molar-refractivity contribution < 1.29 is 4.42 Å². The Bertz CT molecular complexity index is 3140. The summed E-state index contributed by atoms with van der Waals surface area (Å²) in [4.78, 5) is 10.1. The van der Waals surface area contributed by atoms with Gasteiger partial charge in [-0.15, -0.1) is 11.3 Å². The van der Waals surface area contributed by atoms with E-state index >= 15 is 0 Å². The molecule has 0 aliphatic carbocycles. The lowest BCUT2D eigenvalue weighted by Gasteiger charge is -2.11. The van der Waals surface area contributed by atoms with Gasteiger partial charge in [-0.3, -0.25) is 0 Å². The zero-order valence-corrected chi connectivity index (χ0v) is 29.8. The highest BCUT2D eigenvalue weighted by Gasteiger charge is 2.19. The van der Waals surface area contributed by atoms with Gasteiger partial charge in [-0.25, -0.2) is 9.97 Å². The SMILES string of the molecule is c1ccc(-c2cc(-c3ccccc3)nc(-c3ccc(-c4ccc(-c5ccc6sc7ccccc7c6c5)c5oc6cc7ccccc7cc6c45)cc3)n2)cc1. The van der Waals surface area contributed by atoms with Crippen molar-refractivity contribution in [2.24, 2.45) is 0 Å². The highest BCUT2D eigenvalue weighted by Crippen LogP contribution is 2.44. The standard InChI is InChI=1S/C50H30N2OS/c1-3-11-32(12-4-1)43-30-44(33-13-5-2-6-14-33)52-50(51-43)34-21-19-31(20-22-34)38-24-25-39(37-23-26-47-41(28-37)40-17-9-10-18-46(40)54-47)49-48(38)42-27-35-15-7-8-16-36(35)29-45(42)53-49/h1-30H. The van der Waals surface area contributed by atoms with Crippen LogP contribution < -0.4 is 0 Å². The molecule has 54 heavy (non-hydrogen) atoms. The summed E-state index contributed by atoms with van der Waals surface area (Å²) in [7, 11) is 0. The minimum Gasteiger partial charge on any atom is -0.455 e. The number of hydrogen-bond donors (Lipinski definition) is 0. The van der Waals surface area contributed by atoms with Crippen LogP contribution in [-0.4, -0.2) is 9.97 Å². The van der Waals surface area contributed by atoms with E-state index in [1.54, 1.807) is 0 Å². The Kier molecular flexibility index (Phi) is 7.04. The first kappa shape index (κ1) is 30.7. The van der Waals surface area contributed by atoms with Crippen molar-refractivity contribution in [1.82, 2.24) is 9.97 Å². The molecule has 0 saturated heterocycles. The summed E-state index contributed by atoms with van der Waals surface area (Å²) in [6, 6.07) is 64.3. The molecule has 0 fully saturated rings. The van der Waals surface area contributed by atoms with Gasteiger partial charge in [0.05, 0.1) is 11.4 Å². The predicted octanol–water partition coefficient (Wildman–Crippen LogP) is 14.2. The zero-order valence-electron chi connectivity index (χ0n) is 29.0. The van der Waals surface area contributed by atoms with Crippen LogP contribution in [0.2, 0.25) is 0 Å². The van der Waals surface area contributed by atoms with E-state index in [0.717, 1.165) is 77.7 Å². The van der Waals surface area contributed by atoms with E-state index in [1.807, 2.05) is 47.7 Å². The number of thiophene rings is 1. The molecule has 11 aromatic rings. The summed E-state index contributed by atoms with van der Waals surface area (Å²) in [5, 5.41) is 7.14. The molecule has 11 rings (SSSR count). The average molecular weight is 707 g/mol. The number of benzene rings is 8. The quantitative estimate of drug-likeness (QED) is 0.179. The first-order valence-electron chi connectivity index (χ1n) is 18.1. The molecule has 0 bridgehead atoms. The van der Waals surface area contributed by atoms with Crippen molar-refractivity contribution in [3.8, 4) is 56.2 Å². The molecule has 0 atom stereocenters. The first-order valence-corrected chi connectivity index (χ1v) is 19.0. The molecule has 0 aliphatic rings. The smallest absolute Gasteiger partial charge is 0.160 e. The topological polar surface area (TPSA) is 38.9 Å². The van der Waals surface area contributed by atoms with Crippen LogP contribution in [0.4, 0.5) is 0 Å². The third kappa shape index (κ3) is 5.11.